The number of hydrogen-bond donors (Lipinski definition) is 1. The minimum Gasteiger partial charge on any atom is -0.444 e. The smallest absolute Gasteiger partial charge is 0.412 e. The second-order valence-corrected chi connectivity index (χ2v) is 14.9. The lowest BCUT2D eigenvalue weighted by atomic mass is 9.99. The molecule has 2 rings (SSSR count). The van der Waals surface area contributed by atoms with Crippen LogP contribution in [-0.4, -0.2) is 42.7 Å². The molecule has 0 bridgehead atoms. The molecule has 1 fully saturated rings. The van der Waals surface area contributed by atoms with Gasteiger partial charge in [0.15, 0.2) is 14.0 Å². The van der Waals surface area contributed by atoms with Crippen LogP contribution in [0.25, 0.3) is 0 Å². The maximum Gasteiger partial charge on any atom is 0.412 e. The van der Waals surface area contributed by atoms with Crippen molar-refractivity contribution in [2.45, 2.75) is 83.5 Å². The second kappa shape index (κ2) is 7.43. The van der Waals surface area contributed by atoms with Crippen molar-refractivity contribution in [3.63, 3.8) is 0 Å². The van der Waals surface area contributed by atoms with Crippen LogP contribution in [0.4, 0.5) is 9.18 Å². The molecular formula is C21H34FNO4Si. The molecule has 1 saturated heterocycles. The summed E-state index contributed by atoms with van der Waals surface area (Å²) in [6.45, 7) is 16.2. The Morgan fingerprint density at radius 3 is 2.36 bits per heavy atom. The molecule has 158 valence electrons. The van der Waals surface area contributed by atoms with Crippen molar-refractivity contribution >= 4 is 14.4 Å². The van der Waals surface area contributed by atoms with Gasteiger partial charge in [0.1, 0.15) is 11.4 Å². The summed E-state index contributed by atoms with van der Waals surface area (Å²) in [5, 5.41) is 11.5. The summed E-state index contributed by atoms with van der Waals surface area (Å²) >= 11 is 0. The van der Waals surface area contributed by atoms with Gasteiger partial charge in [0, 0.05) is 12.0 Å². The first-order valence-corrected chi connectivity index (χ1v) is 12.6. The molecule has 1 amide bonds. The van der Waals surface area contributed by atoms with Gasteiger partial charge in [-0.1, -0.05) is 32.9 Å². The molecule has 1 aliphatic heterocycles. The fraction of sp³-hybridized carbons (Fsp3) is 0.667. The van der Waals surface area contributed by atoms with Crippen LogP contribution in [0, 0.1) is 5.82 Å². The van der Waals surface area contributed by atoms with Crippen LogP contribution in [0.1, 0.15) is 53.5 Å². The normalized spacial score (nSPS) is 23.8. The highest BCUT2D eigenvalue weighted by Gasteiger charge is 2.52. The van der Waals surface area contributed by atoms with E-state index in [1.165, 1.54) is 23.1 Å². The minimum atomic E-state index is -2.12. The van der Waals surface area contributed by atoms with Crippen molar-refractivity contribution in [2.24, 2.45) is 0 Å². The second-order valence-electron chi connectivity index (χ2n) is 10.1. The summed E-state index contributed by atoms with van der Waals surface area (Å²) < 4.78 is 25.8. The maximum atomic E-state index is 13.8. The molecule has 0 spiro atoms. The Hall–Kier alpha value is -1.44. The van der Waals surface area contributed by atoms with Crippen molar-refractivity contribution in [3.8, 4) is 0 Å². The minimum absolute atomic E-state index is 0.0106. The van der Waals surface area contributed by atoms with Crippen molar-refractivity contribution in [1.29, 1.82) is 0 Å². The Morgan fingerprint density at radius 2 is 1.86 bits per heavy atom. The number of halogens is 1. The Bertz CT molecular complexity index is 726. The molecule has 1 unspecified atom stereocenters. The van der Waals surface area contributed by atoms with Crippen molar-refractivity contribution in [1.82, 2.24) is 4.90 Å². The molecule has 1 aromatic rings. The Labute approximate surface area is 169 Å². The fourth-order valence-corrected chi connectivity index (χ4v) is 4.42. The predicted octanol–water partition coefficient (Wildman–Crippen LogP) is 5.00. The zero-order valence-corrected chi connectivity index (χ0v) is 19.3. The predicted molar refractivity (Wildman–Crippen MR) is 110 cm³/mol. The van der Waals surface area contributed by atoms with Gasteiger partial charge in [0.2, 0.25) is 0 Å². The SMILES string of the molecule is CC(C)(C)OC(=O)N1C[C@H](O[Si](C)(C)C(C)(C)C)CC1(O)c1cccc(F)c1. The van der Waals surface area contributed by atoms with E-state index in [0.717, 1.165) is 0 Å². The third-order valence-corrected chi connectivity index (χ3v) is 10.0. The number of hydrogen-bond acceptors (Lipinski definition) is 4. The largest absolute Gasteiger partial charge is 0.444 e. The number of carbonyl (C=O) groups excluding carboxylic acids is 1. The number of amides is 1. The Kier molecular flexibility index (Phi) is 6.06. The van der Waals surface area contributed by atoms with E-state index in [1.807, 2.05) is 0 Å². The van der Waals surface area contributed by atoms with Crippen LogP contribution in [-0.2, 0) is 14.9 Å². The fourth-order valence-electron chi connectivity index (χ4n) is 3.07. The average Bonchev–Trinajstić information content (AvgIpc) is 2.81. The number of rotatable bonds is 3. The molecule has 0 radical (unpaired) electrons. The van der Waals surface area contributed by atoms with Crippen LogP contribution in [0.5, 0.6) is 0 Å². The van der Waals surface area contributed by atoms with Gasteiger partial charge in [-0.05, 0) is 51.0 Å². The highest BCUT2D eigenvalue weighted by Crippen LogP contribution is 2.43. The highest BCUT2D eigenvalue weighted by molar-refractivity contribution is 6.74. The lowest BCUT2D eigenvalue weighted by Crippen LogP contribution is -2.47. The van der Waals surface area contributed by atoms with E-state index in [2.05, 4.69) is 33.9 Å². The van der Waals surface area contributed by atoms with Gasteiger partial charge in [0.05, 0.1) is 12.6 Å². The van der Waals surface area contributed by atoms with Crippen LogP contribution in [0.15, 0.2) is 24.3 Å². The topological polar surface area (TPSA) is 59.0 Å². The number of nitrogens with zero attached hydrogens (tertiary/aromatic N) is 1. The van der Waals surface area contributed by atoms with E-state index in [1.54, 1.807) is 26.8 Å². The first kappa shape index (κ1) is 22.8. The molecule has 0 aromatic heterocycles. The standard InChI is InChI=1S/C21H34FNO4Si/c1-19(2,3)26-18(24)23-14-17(27-28(7,8)20(4,5)6)13-21(23,25)15-10-9-11-16(22)12-15/h9-12,17,25H,13-14H2,1-8H3/t17-,21?/m1/s1. The van der Waals surface area contributed by atoms with Crippen molar-refractivity contribution < 1.29 is 23.5 Å². The number of carbonyl (C=O) groups is 1. The summed E-state index contributed by atoms with van der Waals surface area (Å²) in [5.74, 6) is -0.469. The monoisotopic (exact) mass is 411 g/mol. The molecule has 5 nitrogen and oxygen atoms in total. The highest BCUT2D eigenvalue weighted by atomic mass is 28.4. The zero-order valence-electron chi connectivity index (χ0n) is 18.3. The number of aliphatic hydroxyl groups is 1. The van der Waals surface area contributed by atoms with Gasteiger partial charge in [-0.2, -0.15) is 0 Å². The number of benzene rings is 1. The quantitative estimate of drug-likeness (QED) is 0.711. The van der Waals surface area contributed by atoms with E-state index in [0.29, 0.717) is 5.56 Å². The van der Waals surface area contributed by atoms with Crippen molar-refractivity contribution in [3.05, 3.63) is 35.6 Å². The molecule has 1 heterocycles. The van der Waals surface area contributed by atoms with Crippen LogP contribution < -0.4 is 0 Å². The van der Waals surface area contributed by atoms with Crippen LogP contribution in [0.3, 0.4) is 0 Å². The first-order chi connectivity index (χ1) is 12.6. The Balaban J connectivity index is 2.38. The maximum absolute atomic E-state index is 13.8. The summed E-state index contributed by atoms with van der Waals surface area (Å²) in [4.78, 5) is 14.1. The van der Waals surface area contributed by atoms with Crippen LogP contribution in [0.2, 0.25) is 18.1 Å². The third-order valence-electron chi connectivity index (χ3n) is 5.51. The van der Waals surface area contributed by atoms with Gasteiger partial charge in [0.25, 0.3) is 0 Å². The van der Waals surface area contributed by atoms with Gasteiger partial charge < -0.3 is 14.3 Å². The third kappa shape index (κ3) is 4.93. The van der Waals surface area contributed by atoms with Crippen molar-refractivity contribution in [2.75, 3.05) is 6.54 Å². The molecular weight excluding hydrogens is 377 g/mol. The molecule has 28 heavy (non-hydrogen) atoms. The first-order valence-electron chi connectivity index (χ1n) is 9.72. The van der Waals surface area contributed by atoms with E-state index in [9.17, 15) is 14.3 Å². The van der Waals surface area contributed by atoms with Gasteiger partial charge >= 0.3 is 6.09 Å². The molecule has 1 N–H and O–H groups in total. The van der Waals surface area contributed by atoms with Gasteiger partial charge in [-0.25, -0.2) is 9.18 Å². The number of ether oxygens (including phenoxy) is 1. The van der Waals surface area contributed by atoms with Gasteiger partial charge in [-0.15, -0.1) is 0 Å². The molecule has 1 aliphatic rings. The van der Waals surface area contributed by atoms with Gasteiger partial charge in [-0.3, -0.25) is 4.90 Å². The van der Waals surface area contributed by atoms with E-state index < -0.39 is 31.6 Å². The summed E-state index contributed by atoms with van der Waals surface area (Å²) in [6.07, 6.45) is -0.829. The Morgan fingerprint density at radius 1 is 1.25 bits per heavy atom. The molecule has 7 heteroatoms. The average molecular weight is 412 g/mol. The number of likely N-dealkylation sites (tertiary alicyclic amines) is 1. The molecule has 0 saturated carbocycles. The molecule has 0 aliphatic carbocycles. The zero-order chi connectivity index (χ0) is 21.5. The van der Waals surface area contributed by atoms with Crippen LogP contribution >= 0.6 is 0 Å². The summed E-state index contributed by atoms with van der Waals surface area (Å²) in [7, 11) is -2.12. The van der Waals surface area contributed by atoms with E-state index in [-0.39, 0.29) is 24.1 Å². The summed E-state index contributed by atoms with van der Waals surface area (Å²) in [6, 6.07) is 5.71. The lowest BCUT2D eigenvalue weighted by molar-refractivity contribution is -0.0901. The van der Waals surface area contributed by atoms with E-state index >= 15 is 0 Å². The summed E-state index contributed by atoms with van der Waals surface area (Å²) in [5.41, 5.74) is -2.07. The van der Waals surface area contributed by atoms with E-state index in [4.69, 9.17) is 9.16 Å². The molecule has 2 atom stereocenters. The lowest BCUT2D eigenvalue weighted by Gasteiger charge is -2.38. The molecule has 1 aromatic carbocycles.